The van der Waals surface area contributed by atoms with Gasteiger partial charge in [0.1, 0.15) is 6.10 Å². The molecule has 0 rings (SSSR count). The molecule has 3 atom stereocenters. The van der Waals surface area contributed by atoms with Crippen LogP contribution in [0, 0.1) is 0 Å². The fraction of sp³-hybridized carbons (Fsp3) is 0.873. The van der Waals surface area contributed by atoms with Crippen LogP contribution in [0.4, 0.5) is 0 Å². The van der Waals surface area contributed by atoms with Gasteiger partial charge in [0.05, 0.1) is 18.8 Å². The highest BCUT2D eigenvalue weighted by molar-refractivity contribution is 5.80. The molecule has 0 aliphatic rings. The van der Waals surface area contributed by atoms with Gasteiger partial charge >= 0.3 is 0 Å². The molecule has 0 aliphatic carbocycles. The average molecular weight is 844 g/mol. The lowest BCUT2D eigenvalue weighted by atomic mass is 10.0. The van der Waals surface area contributed by atoms with E-state index in [1.54, 1.807) is 6.08 Å². The van der Waals surface area contributed by atoms with Gasteiger partial charge in [-0.2, -0.15) is 0 Å². The summed E-state index contributed by atoms with van der Waals surface area (Å²) < 4.78 is 0. The highest BCUT2D eigenvalue weighted by Gasteiger charge is 2.22. The molecule has 0 fully saturated rings. The SMILES string of the molecule is CCCC/C=C/CC/C=C/CC/C=C/C(O)C(CO)NC(=O)C(O)CCCCCCCCCCCCCCCCCCCCCCCCCCCCCCCCCCCC. The summed E-state index contributed by atoms with van der Waals surface area (Å²) in [5.41, 5.74) is 0. The number of nitrogens with one attached hydrogen (secondary N) is 1. The van der Waals surface area contributed by atoms with Crippen molar-refractivity contribution in [2.45, 2.75) is 302 Å². The number of allylic oxidation sites excluding steroid dienone is 5. The van der Waals surface area contributed by atoms with E-state index < -0.39 is 24.2 Å². The molecule has 0 saturated heterocycles. The van der Waals surface area contributed by atoms with Crippen LogP contribution in [0.5, 0.6) is 0 Å². The Hall–Kier alpha value is -1.43. The zero-order chi connectivity index (χ0) is 43.7. The molecule has 0 saturated carbocycles. The van der Waals surface area contributed by atoms with Gasteiger partial charge in [-0.3, -0.25) is 4.79 Å². The molecule has 0 aliphatic heterocycles. The predicted molar refractivity (Wildman–Crippen MR) is 264 cm³/mol. The molecule has 1 amide bonds. The summed E-state index contributed by atoms with van der Waals surface area (Å²) in [6.45, 7) is 4.13. The maximum absolute atomic E-state index is 12.5. The zero-order valence-corrected chi connectivity index (χ0v) is 40.4. The minimum atomic E-state index is -1.11. The molecule has 5 heteroatoms. The topological polar surface area (TPSA) is 89.8 Å². The Morgan fingerprint density at radius 2 is 0.683 bits per heavy atom. The molecule has 3 unspecified atom stereocenters. The summed E-state index contributed by atoms with van der Waals surface area (Å²) >= 11 is 0. The van der Waals surface area contributed by atoms with Crippen molar-refractivity contribution in [1.29, 1.82) is 0 Å². The number of aliphatic hydroxyl groups is 3. The van der Waals surface area contributed by atoms with Crippen LogP contribution in [-0.4, -0.2) is 46.1 Å². The Morgan fingerprint density at radius 1 is 0.400 bits per heavy atom. The van der Waals surface area contributed by atoms with Crippen LogP contribution >= 0.6 is 0 Å². The number of carbonyl (C=O) groups is 1. The van der Waals surface area contributed by atoms with Gasteiger partial charge in [-0.1, -0.05) is 281 Å². The second-order valence-corrected chi connectivity index (χ2v) is 18.4. The van der Waals surface area contributed by atoms with Crippen LogP contribution in [0.15, 0.2) is 36.5 Å². The Bertz CT molecular complexity index is 931. The Labute approximate surface area is 374 Å². The first kappa shape index (κ1) is 58.6. The third-order valence-electron chi connectivity index (χ3n) is 12.5. The van der Waals surface area contributed by atoms with Gasteiger partial charge in [0.25, 0.3) is 0 Å². The molecule has 0 aromatic carbocycles. The largest absolute Gasteiger partial charge is 0.394 e. The molecule has 0 aromatic rings. The van der Waals surface area contributed by atoms with E-state index in [4.69, 9.17) is 0 Å². The van der Waals surface area contributed by atoms with Gasteiger partial charge in [0, 0.05) is 0 Å². The normalized spacial score (nSPS) is 13.6. The van der Waals surface area contributed by atoms with Crippen molar-refractivity contribution in [1.82, 2.24) is 5.32 Å². The number of amides is 1. The van der Waals surface area contributed by atoms with Crippen molar-refractivity contribution < 1.29 is 20.1 Å². The smallest absolute Gasteiger partial charge is 0.249 e. The van der Waals surface area contributed by atoms with Crippen LogP contribution in [0.2, 0.25) is 0 Å². The zero-order valence-electron chi connectivity index (χ0n) is 40.4. The predicted octanol–water partition coefficient (Wildman–Crippen LogP) is 16.3. The molecule has 0 bridgehead atoms. The van der Waals surface area contributed by atoms with Crippen molar-refractivity contribution in [3.63, 3.8) is 0 Å². The Balaban J connectivity index is 3.47. The molecule has 5 nitrogen and oxygen atoms in total. The number of rotatable bonds is 49. The number of carbonyl (C=O) groups excluding carboxylic acids is 1. The highest BCUT2D eigenvalue weighted by atomic mass is 16.3. The summed E-state index contributed by atoms with van der Waals surface area (Å²) in [4.78, 5) is 12.5. The molecule has 0 radical (unpaired) electrons. The van der Waals surface area contributed by atoms with Crippen molar-refractivity contribution in [3.8, 4) is 0 Å². The van der Waals surface area contributed by atoms with Gasteiger partial charge in [0.2, 0.25) is 5.91 Å². The maximum Gasteiger partial charge on any atom is 0.249 e. The van der Waals surface area contributed by atoms with E-state index in [-0.39, 0.29) is 6.61 Å². The maximum atomic E-state index is 12.5. The highest BCUT2D eigenvalue weighted by Crippen LogP contribution is 2.18. The lowest BCUT2D eigenvalue weighted by Gasteiger charge is -2.21. The summed E-state index contributed by atoms with van der Waals surface area (Å²) in [5, 5.41) is 33.1. The van der Waals surface area contributed by atoms with Gasteiger partial charge in [0.15, 0.2) is 0 Å². The summed E-state index contributed by atoms with van der Waals surface area (Å²) in [6.07, 6.45) is 65.3. The number of hydrogen-bond donors (Lipinski definition) is 4. The van der Waals surface area contributed by atoms with Gasteiger partial charge in [-0.05, 0) is 38.5 Å². The van der Waals surface area contributed by atoms with E-state index in [0.29, 0.717) is 6.42 Å². The monoisotopic (exact) mass is 844 g/mol. The fourth-order valence-corrected chi connectivity index (χ4v) is 8.26. The van der Waals surface area contributed by atoms with Crippen molar-refractivity contribution in [3.05, 3.63) is 36.5 Å². The van der Waals surface area contributed by atoms with Crippen LogP contribution in [-0.2, 0) is 4.79 Å². The molecule has 354 valence electrons. The van der Waals surface area contributed by atoms with Crippen molar-refractivity contribution in [2.75, 3.05) is 6.61 Å². The van der Waals surface area contributed by atoms with Crippen LogP contribution in [0.1, 0.15) is 284 Å². The van der Waals surface area contributed by atoms with E-state index in [9.17, 15) is 20.1 Å². The summed E-state index contributed by atoms with van der Waals surface area (Å²) in [7, 11) is 0. The first-order valence-electron chi connectivity index (χ1n) is 26.8. The van der Waals surface area contributed by atoms with Crippen LogP contribution < -0.4 is 5.32 Å². The van der Waals surface area contributed by atoms with Crippen molar-refractivity contribution >= 4 is 5.91 Å². The Morgan fingerprint density at radius 3 is 1.00 bits per heavy atom. The third kappa shape index (κ3) is 44.6. The summed E-state index contributed by atoms with van der Waals surface area (Å²) in [5.74, 6) is -0.515. The molecule has 60 heavy (non-hydrogen) atoms. The van der Waals surface area contributed by atoms with E-state index in [1.807, 2.05) is 6.08 Å². The standard InChI is InChI=1S/C55H105NO4/c1-3-5-7-9-11-13-15-17-18-19-20-21-22-23-24-25-26-27-28-29-30-31-32-33-34-35-36-37-38-40-42-44-46-48-50-54(59)55(60)56-52(51-57)53(58)49-47-45-43-41-39-16-14-12-10-8-6-4-2/h10,12,39,41,47,49,52-54,57-59H,3-9,11,13-38,40,42-46,48,50-51H2,1-2H3,(H,56,60)/b12-10+,41-39+,49-47+. The third-order valence-corrected chi connectivity index (χ3v) is 12.5. The molecule has 0 heterocycles. The van der Waals surface area contributed by atoms with Crippen LogP contribution in [0.3, 0.4) is 0 Å². The van der Waals surface area contributed by atoms with Gasteiger partial charge in [-0.25, -0.2) is 0 Å². The molecule has 0 spiro atoms. The lowest BCUT2D eigenvalue weighted by Crippen LogP contribution is -2.48. The van der Waals surface area contributed by atoms with E-state index >= 15 is 0 Å². The lowest BCUT2D eigenvalue weighted by molar-refractivity contribution is -0.131. The minimum absolute atomic E-state index is 0.380. The van der Waals surface area contributed by atoms with Crippen molar-refractivity contribution in [2.24, 2.45) is 0 Å². The molecule has 4 N–H and O–H groups in total. The quantitative estimate of drug-likeness (QED) is 0.0363. The second kappa shape index (κ2) is 50.2. The number of unbranched alkanes of at least 4 members (excludes halogenated alkanes) is 37. The van der Waals surface area contributed by atoms with E-state index in [2.05, 4.69) is 43.5 Å². The number of aliphatic hydroxyl groups excluding tert-OH is 3. The molecule has 0 aromatic heterocycles. The van der Waals surface area contributed by atoms with Gasteiger partial charge in [-0.15, -0.1) is 0 Å². The molecular weight excluding hydrogens is 739 g/mol. The van der Waals surface area contributed by atoms with E-state index in [1.165, 1.54) is 218 Å². The second-order valence-electron chi connectivity index (χ2n) is 18.4. The fourth-order valence-electron chi connectivity index (χ4n) is 8.26. The summed E-state index contributed by atoms with van der Waals surface area (Å²) in [6, 6.07) is -0.818. The average Bonchev–Trinajstić information content (AvgIpc) is 3.25. The Kier molecular flexibility index (Phi) is 49.0. The first-order chi connectivity index (χ1) is 29.6. The molecular formula is C55H105NO4. The first-order valence-corrected chi connectivity index (χ1v) is 26.8. The number of hydrogen-bond acceptors (Lipinski definition) is 4. The van der Waals surface area contributed by atoms with E-state index in [0.717, 1.165) is 44.9 Å². The van der Waals surface area contributed by atoms with Gasteiger partial charge < -0.3 is 20.6 Å². The van der Waals surface area contributed by atoms with Crippen LogP contribution in [0.25, 0.3) is 0 Å². The minimum Gasteiger partial charge on any atom is -0.394 e.